The summed E-state index contributed by atoms with van der Waals surface area (Å²) in [5.41, 5.74) is 8.70. The number of benzene rings is 1. The molecule has 0 spiro atoms. The van der Waals surface area contributed by atoms with E-state index in [1.165, 1.54) is 6.07 Å². The van der Waals surface area contributed by atoms with Crippen molar-refractivity contribution < 1.29 is 9.72 Å². The third kappa shape index (κ3) is 3.83. The lowest BCUT2D eigenvalue weighted by molar-refractivity contribution is -0.384. The van der Waals surface area contributed by atoms with Crippen molar-refractivity contribution in [3.05, 3.63) is 73.6 Å². The molecule has 2 aliphatic rings. The fourth-order valence-corrected chi connectivity index (χ4v) is 6.69. The van der Waals surface area contributed by atoms with Gasteiger partial charge in [-0.3, -0.25) is 19.8 Å². The second-order valence-electron chi connectivity index (χ2n) is 9.03. The van der Waals surface area contributed by atoms with Gasteiger partial charge in [0.25, 0.3) is 5.69 Å². The average molecular weight is 481 g/mol. The number of Topliss-reactive ketones (excluding diaryl/α,β-unsaturated/α-hetero) is 1. The van der Waals surface area contributed by atoms with E-state index >= 15 is 0 Å². The molecule has 0 saturated carbocycles. The lowest BCUT2D eigenvalue weighted by Crippen LogP contribution is -2.42. The van der Waals surface area contributed by atoms with Gasteiger partial charge in [0.2, 0.25) is 0 Å². The van der Waals surface area contributed by atoms with E-state index in [1.54, 1.807) is 46.2 Å². The van der Waals surface area contributed by atoms with Crippen molar-refractivity contribution in [1.82, 2.24) is 0 Å². The van der Waals surface area contributed by atoms with Crippen LogP contribution in [0.2, 0.25) is 0 Å². The Morgan fingerprint density at radius 2 is 2.03 bits per heavy atom. The summed E-state index contributed by atoms with van der Waals surface area (Å²) in [6.07, 6.45) is 2.81. The van der Waals surface area contributed by atoms with Gasteiger partial charge in [0.1, 0.15) is 11.5 Å². The first-order valence-electron chi connectivity index (χ1n) is 10.4. The Morgan fingerprint density at radius 3 is 2.67 bits per heavy atom. The van der Waals surface area contributed by atoms with Crippen molar-refractivity contribution in [3.63, 3.8) is 0 Å². The minimum Gasteiger partial charge on any atom is -0.384 e. The van der Waals surface area contributed by atoms with Gasteiger partial charge >= 0.3 is 0 Å². The Labute approximate surface area is 200 Å². The van der Waals surface area contributed by atoms with Gasteiger partial charge in [-0.05, 0) is 42.7 Å². The molecule has 0 saturated heterocycles. The van der Waals surface area contributed by atoms with Gasteiger partial charge in [-0.25, -0.2) is 0 Å². The first-order valence-corrected chi connectivity index (χ1v) is 12.5. The summed E-state index contributed by atoms with van der Waals surface area (Å²) in [5.74, 6) is -0.497. The molecule has 1 aliphatic heterocycles. The number of nitrogens with zero attached hydrogens (tertiary/aromatic N) is 3. The van der Waals surface area contributed by atoms with Crippen molar-refractivity contribution in [2.75, 3.05) is 11.2 Å². The van der Waals surface area contributed by atoms with Gasteiger partial charge in [0.15, 0.2) is 5.78 Å². The van der Waals surface area contributed by atoms with Crippen molar-refractivity contribution in [2.24, 2.45) is 11.1 Å². The molecule has 7 nitrogen and oxygen atoms in total. The molecule has 2 heterocycles. The van der Waals surface area contributed by atoms with Gasteiger partial charge < -0.3 is 5.73 Å². The Balaban J connectivity index is 2.06. The van der Waals surface area contributed by atoms with E-state index in [0.717, 1.165) is 14.6 Å². The van der Waals surface area contributed by atoms with Crippen molar-refractivity contribution in [1.29, 1.82) is 5.26 Å². The van der Waals surface area contributed by atoms with Crippen LogP contribution in [-0.2, 0) is 4.79 Å². The summed E-state index contributed by atoms with van der Waals surface area (Å²) in [7, 11) is 0. The molecule has 1 aromatic heterocycles. The summed E-state index contributed by atoms with van der Waals surface area (Å²) in [6, 6.07) is 10.6. The molecule has 0 fully saturated rings. The fraction of sp³-hybridized carbons (Fsp3) is 0.333. The molecule has 170 valence electrons. The highest BCUT2D eigenvalue weighted by molar-refractivity contribution is 8.00. The fourth-order valence-electron chi connectivity index (χ4n) is 4.78. The second kappa shape index (κ2) is 8.36. The number of nitriles is 1. The smallest absolute Gasteiger partial charge is 0.293 e. The van der Waals surface area contributed by atoms with Crippen LogP contribution >= 0.6 is 23.1 Å². The molecule has 1 unspecified atom stereocenters. The standard InChI is InChI=1S/C24H24N4O3S2/c1-13-9-14(23(32-4)33-13)20-15(12-25)22(26)27(16-7-5-6-8-17(16)28(30)31)18-10-24(2,3)11-19(29)21(18)20/h5-9,20H,10-11,26H2,1-4H3. The maximum absolute atomic E-state index is 13.6. The van der Waals surface area contributed by atoms with Gasteiger partial charge in [-0.15, -0.1) is 23.1 Å². The second-order valence-corrected chi connectivity index (χ2v) is 11.4. The quantitative estimate of drug-likeness (QED) is 0.343. The number of carbonyl (C=O) groups is 1. The Bertz CT molecular complexity index is 1280. The van der Waals surface area contributed by atoms with Crippen LogP contribution in [0, 0.1) is 33.8 Å². The number of thioether (sulfide) groups is 1. The first-order chi connectivity index (χ1) is 15.6. The molecule has 1 aromatic carbocycles. The van der Waals surface area contributed by atoms with Crippen LogP contribution in [0.25, 0.3) is 0 Å². The number of thiophene rings is 1. The number of para-hydroxylation sites is 2. The molecule has 2 N–H and O–H groups in total. The van der Waals surface area contributed by atoms with Gasteiger partial charge in [-0.1, -0.05) is 26.0 Å². The zero-order valence-electron chi connectivity index (χ0n) is 18.8. The monoisotopic (exact) mass is 480 g/mol. The predicted octanol–water partition coefficient (Wildman–Crippen LogP) is 5.63. The molecular formula is C24H24N4O3S2. The molecule has 33 heavy (non-hydrogen) atoms. The van der Waals surface area contributed by atoms with Crippen LogP contribution in [-0.4, -0.2) is 17.0 Å². The van der Waals surface area contributed by atoms with Gasteiger partial charge in [0.05, 0.1) is 26.7 Å². The number of aryl methyl sites for hydroxylation is 1. The largest absolute Gasteiger partial charge is 0.384 e. The highest BCUT2D eigenvalue weighted by Gasteiger charge is 2.46. The summed E-state index contributed by atoms with van der Waals surface area (Å²) in [5, 5.41) is 22.0. The SMILES string of the molecule is CSc1sc(C)cc1C1C(C#N)=C(N)N(c2ccccc2[N+](=O)[O-])C2=C1C(=O)CC(C)(C)C2. The minimum atomic E-state index is -0.583. The van der Waals surface area contributed by atoms with E-state index in [4.69, 9.17) is 5.73 Å². The number of anilines is 1. The van der Waals surface area contributed by atoms with E-state index in [0.29, 0.717) is 24.1 Å². The van der Waals surface area contributed by atoms with E-state index in [9.17, 15) is 20.2 Å². The predicted molar refractivity (Wildman–Crippen MR) is 131 cm³/mol. The highest BCUT2D eigenvalue weighted by Crippen LogP contribution is 2.53. The number of nitro benzene ring substituents is 1. The number of ketones is 1. The molecule has 2 aromatic rings. The molecule has 0 amide bonds. The third-order valence-electron chi connectivity index (χ3n) is 6.04. The van der Waals surface area contributed by atoms with E-state index < -0.39 is 10.8 Å². The zero-order chi connectivity index (χ0) is 24.1. The zero-order valence-corrected chi connectivity index (χ0v) is 20.5. The minimum absolute atomic E-state index is 0.0500. The summed E-state index contributed by atoms with van der Waals surface area (Å²) in [6.45, 7) is 6.00. The van der Waals surface area contributed by atoms with Crippen LogP contribution in [0.1, 0.15) is 43.0 Å². The Morgan fingerprint density at radius 1 is 1.33 bits per heavy atom. The van der Waals surface area contributed by atoms with Gasteiger partial charge in [0, 0.05) is 28.6 Å². The lowest BCUT2D eigenvalue weighted by atomic mass is 9.69. The number of nitro groups is 1. The van der Waals surface area contributed by atoms with E-state index in [1.807, 2.05) is 33.1 Å². The number of rotatable bonds is 4. The molecule has 0 bridgehead atoms. The van der Waals surface area contributed by atoms with Crippen LogP contribution in [0.15, 0.2) is 57.2 Å². The topological polar surface area (TPSA) is 113 Å². The summed E-state index contributed by atoms with van der Waals surface area (Å²) < 4.78 is 1.03. The van der Waals surface area contributed by atoms with E-state index in [-0.39, 0.29) is 34.0 Å². The molecule has 1 aliphatic carbocycles. The first kappa shape index (κ1) is 23.1. The van der Waals surface area contributed by atoms with Crippen LogP contribution in [0.5, 0.6) is 0 Å². The third-order valence-corrected chi connectivity index (χ3v) is 8.26. The summed E-state index contributed by atoms with van der Waals surface area (Å²) >= 11 is 3.20. The van der Waals surface area contributed by atoms with Crippen LogP contribution < -0.4 is 10.6 Å². The van der Waals surface area contributed by atoms with Crippen molar-refractivity contribution in [3.8, 4) is 6.07 Å². The van der Waals surface area contributed by atoms with Crippen molar-refractivity contribution in [2.45, 2.75) is 43.7 Å². The molecule has 0 radical (unpaired) electrons. The maximum Gasteiger partial charge on any atom is 0.293 e. The molecule has 4 rings (SSSR count). The number of hydrogen-bond donors (Lipinski definition) is 1. The number of carbonyl (C=O) groups excluding carboxylic acids is 1. The molecular weight excluding hydrogens is 456 g/mol. The number of nitrogens with two attached hydrogens (primary N) is 1. The normalized spacial score (nSPS) is 20.0. The Hall–Kier alpha value is -3.09. The number of allylic oxidation sites excluding steroid dienone is 3. The number of hydrogen-bond acceptors (Lipinski definition) is 8. The Kier molecular flexibility index (Phi) is 5.85. The van der Waals surface area contributed by atoms with Crippen LogP contribution in [0.3, 0.4) is 0 Å². The molecule has 9 heteroatoms. The average Bonchev–Trinajstić information content (AvgIpc) is 3.12. The van der Waals surface area contributed by atoms with E-state index in [2.05, 4.69) is 6.07 Å². The summed E-state index contributed by atoms with van der Waals surface area (Å²) in [4.78, 5) is 27.6. The van der Waals surface area contributed by atoms with Crippen molar-refractivity contribution >= 4 is 40.3 Å². The maximum atomic E-state index is 13.6. The molecule has 1 atom stereocenters. The van der Waals surface area contributed by atoms with Crippen LogP contribution in [0.4, 0.5) is 11.4 Å². The highest BCUT2D eigenvalue weighted by atomic mass is 32.2. The van der Waals surface area contributed by atoms with Gasteiger partial charge in [-0.2, -0.15) is 5.26 Å². The lowest BCUT2D eigenvalue weighted by Gasteiger charge is -2.43.